The molecule has 2 nitrogen and oxygen atoms in total. The zero-order valence-corrected chi connectivity index (χ0v) is 11.4. The molecule has 0 heterocycles. The predicted octanol–water partition coefficient (Wildman–Crippen LogP) is 3.38. The van der Waals surface area contributed by atoms with E-state index in [9.17, 15) is 4.79 Å². The summed E-state index contributed by atoms with van der Waals surface area (Å²) in [5.74, 6) is 0.129. The van der Waals surface area contributed by atoms with Crippen LogP contribution < -0.4 is 0 Å². The first-order valence-electron chi connectivity index (χ1n) is 5.54. The van der Waals surface area contributed by atoms with Gasteiger partial charge in [0.2, 0.25) is 0 Å². The van der Waals surface area contributed by atoms with Gasteiger partial charge >= 0.3 is 0 Å². The van der Waals surface area contributed by atoms with E-state index in [2.05, 4.69) is 20.8 Å². The lowest BCUT2D eigenvalue weighted by molar-refractivity contribution is -0.130. The first kappa shape index (κ1) is 13.8. The summed E-state index contributed by atoms with van der Waals surface area (Å²) in [6, 6.07) is 3.28. The largest absolute Gasteiger partial charge is 0.405 e. The van der Waals surface area contributed by atoms with Crippen LogP contribution in [0.5, 0.6) is 0 Å². The van der Waals surface area contributed by atoms with E-state index in [1.54, 1.807) is 6.92 Å². The van der Waals surface area contributed by atoms with Gasteiger partial charge < -0.3 is 4.43 Å². The molecule has 0 N–H and O–H groups in total. The van der Waals surface area contributed by atoms with Gasteiger partial charge in [0.1, 0.15) is 5.60 Å². The van der Waals surface area contributed by atoms with Gasteiger partial charge in [0.25, 0.3) is 0 Å². The third kappa shape index (κ3) is 3.21. The van der Waals surface area contributed by atoms with Crippen molar-refractivity contribution in [2.45, 2.75) is 65.3 Å². The summed E-state index contributed by atoms with van der Waals surface area (Å²) >= 11 is 0. The molecule has 0 rings (SSSR count). The molecule has 14 heavy (non-hydrogen) atoms. The van der Waals surface area contributed by atoms with Crippen molar-refractivity contribution in [3.8, 4) is 0 Å². The molecule has 0 unspecified atom stereocenters. The highest BCUT2D eigenvalue weighted by atomic mass is 28.4. The molecule has 0 aliphatic rings. The Labute approximate surface area is 89.2 Å². The molecule has 0 fully saturated rings. The van der Waals surface area contributed by atoms with Crippen molar-refractivity contribution >= 4 is 14.1 Å². The van der Waals surface area contributed by atoms with E-state index in [0.717, 1.165) is 18.1 Å². The molecule has 0 spiro atoms. The van der Waals surface area contributed by atoms with Gasteiger partial charge in [-0.05, 0) is 38.9 Å². The fraction of sp³-hybridized carbons (Fsp3) is 0.909. The van der Waals surface area contributed by atoms with Crippen LogP contribution in [0.25, 0.3) is 0 Å². The minimum absolute atomic E-state index is 0.129. The van der Waals surface area contributed by atoms with Crippen molar-refractivity contribution in [3.63, 3.8) is 0 Å². The maximum Gasteiger partial charge on any atom is 0.193 e. The SMILES string of the molecule is CC[Si](CC)(CC)OC(C)(C)C(C)=O. The average molecular weight is 216 g/mol. The molecule has 0 aromatic carbocycles. The van der Waals surface area contributed by atoms with Gasteiger partial charge in [-0.25, -0.2) is 0 Å². The smallest absolute Gasteiger partial charge is 0.193 e. The summed E-state index contributed by atoms with van der Waals surface area (Å²) in [6.07, 6.45) is 0. The molecule has 0 aromatic heterocycles. The van der Waals surface area contributed by atoms with E-state index in [0.29, 0.717) is 0 Å². The summed E-state index contributed by atoms with van der Waals surface area (Å²) in [5, 5.41) is 0. The van der Waals surface area contributed by atoms with Gasteiger partial charge in [-0.15, -0.1) is 0 Å². The van der Waals surface area contributed by atoms with Crippen LogP contribution >= 0.6 is 0 Å². The molecular formula is C11H24O2Si. The zero-order valence-electron chi connectivity index (χ0n) is 10.4. The normalized spacial score (nSPS) is 13.0. The molecule has 0 radical (unpaired) electrons. The molecule has 3 heteroatoms. The van der Waals surface area contributed by atoms with Crippen LogP contribution in [0.2, 0.25) is 18.1 Å². The van der Waals surface area contributed by atoms with E-state index in [4.69, 9.17) is 4.43 Å². The first-order chi connectivity index (χ1) is 6.33. The maximum atomic E-state index is 11.4. The van der Waals surface area contributed by atoms with Crippen LogP contribution in [0.4, 0.5) is 0 Å². The molecule has 0 aromatic rings. The molecule has 0 aliphatic carbocycles. The van der Waals surface area contributed by atoms with E-state index < -0.39 is 13.9 Å². The number of hydrogen-bond donors (Lipinski definition) is 0. The highest BCUT2D eigenvalue weighted by molar-refractivity contribution is 6.73. The van der Waals surface area contributed by atoms with E-state index in [-0.39, 0.29) is 5.78 Å². The van der Waals surface area contributed by atoms with Crippen molar-refractivity contribution in [2.24, 2.45) is 0 Å². The standard InChI is InChI=1S/C11H24O2Si/c1-7-14(8-2,9-3)13-11(5,6)10(4)12/h7-9H2,1-6H3. The Balaban J connectivity index is 4.67. The molecule has 0 atom stereocenters. The fourth-order valence-electron chi connectivity index (χ4n) is 1.58. The summed E-state index contributed by atoms with van der Waals surface area (Å²) in [4.78, 5) is 11.4. The lowest BCUT2D eigenvalue weighted by atomic mass is 10.1. The van der Waals surface area contributed by atoms with Crippen LogP contribution in [0, 0.1) is 0 Å². The van der Waals surface area contributed by atoms with Crippen molar-refractivity contribution < 1.29 is 9.22 Å². The molecular weight excluding hydrogens is 192 g/mol. The molecule has 0 saturated carbocycles. The van der Waals surface area contributed by atoms with Crippen molar-refractivity contribution in [2.75, 3.05) is 0 Å². The minimum Gasteiger partial charge on any atom is -0.405 e. The molecule has 0 saturated heterocycles. The highest BCUT2D eigenvalue weighted by Gasteiger charge is 2.37. The molecule has 0 amide bonds. The number of rotatable bonds is 6. The van der Waals surface area contributed by atoms with Gasteiger partial charge in [-0.3, -0.25) is 4.79 Å². The topological polar surface area (TPSA) is 26.3 Å². The van der Waals surface area contributed by atoms with Crippen molar-refractivity contribution in [1.82, 2.24) is 0 Å². The number of carbonyl (C=O) groups is 1. The number of hydrogen-bond acceptors (Lipinski definition) is 2. The minimum atomic E-state index is -1.64. The fourth-order valence-corrected chi connectivity index (χ4v) is 4.74. The Hall–Kier alpha value is -0.153. The van der Waals surface area contributed by atoms with Crippen LogP contribution in [0.3, 0.4) is 0 Å². The Morgan fingerprint density at radius 3 is 1.71 bits per heavy atom. The van der Waals surface area contributed by atoms with Gasteiger partial charge in [0.05, 0.1) is 0 Å². The Kier molecular flexibility index (Phi) is 5.02. The number of Topliss-reactive ketones (excluding diaryl/α,β-unsaturated/α-hetero) is 1. The predicted molar refractivity (Wildman–Crippen MR) is 63.0 cm³/mol. The van der Waals surface area contributed by atoms with E-state index >= 15 is 0 Å². The van der Waals surface area contributed by atoms with Gasteiger partial charge in [-0.2, -0.15) is 0 Å². The average Bonchev–Trinajstić information content (AvgIpc) is 2.14. The maximum absolute atomic E-state index is 11.4. The van der Waals surface area contributed by atoms with Crippen LogP contribution in [-0.4, -0.2) is 19.7 Å². The summed E-state index contributed by atoms with van der Waals surface area (Å²) in [6.45, 7) is 11.9. The van der Waals surface area contributed by atoms with Gasteiger partial charge in [-0.1, -0.05) is 20.8 Å². The van der Waals surface area contributed by atoms with Crippen molar-refractivity contribution in [3.05, 3.63) is 0 Å². The highest BCUT2D eigenvalue weighted by Crippen LogP contribution is 2.28. The summed E-state index contributed by atoms with van der Waals surface area (Å²) in [7, 11) is -1.64. The van der Waals surface area contributed by atoms with Crippen LogP contribution in [0.1, 0.15) is 41.5 Å². The lowest BCUT2D eigenvalue weighted by Crippen LogP contribution is -2.47. The van der Waals surface area contributed by atoms with E-state index in [1.165, 1.54) is 0 Å². The Morgan fingerprint density at radius 1 is 1.14 bits per heavy atom. The second-order valence-corrected chi connectivity index (χ2v) is 9.10. The summed E-state index contributed by atoms with van der Waals surface area (Å²) < 4.78 is 6.12. The van der Waals surface area contributed by atoms with Gasteiger partial charge in [0, 0.05) is 0 Å². The van der Waals surface area contributed by atoms with Gasteiger partial charge in [0.15, 0.2) is 14.1 Å². The molecule has 0 aliphatic heterocycles. The monoisotopic (exact) mass is 216 g/mol. The lowest BCUT2D eigenvalue weighted by Gasteiger charge is -2.36. The third-order valence-corrected chi connectivity index (χ3v) is 8.06. The zero-order chi connectivity index (χ0) is 11.4. The third-order valence-electron chi connectivity index (χ3n) is 3.25. The first-order valence-corrected chi connectivity index (χ1v) is 8.07. The van der Waals surface area contributed by atoms with Crippen LogP contribution in [0.15, 0.2) is 0 Å². The Morgan fingerprint density at radius 2 is 1.50 bits per heavy atom. The molecule has 0 bridgehead atoms. The Bertz CT molecular complexity index is 187. The van der Waals surface area contributed by atoms with E-state index in [1.807, 2.05) is 13.8 Å². The molecule has 84 valence electrons. The van der Waals surface area contributed by atoms with Crippen molar-refractivity contribution in [1.29, 1.82) is 0 Å². The summed E-state index contributed by atoms with van der Waals surface area (Å²) in [5.41, 5.74) is -0.589. The quantitative estimate of drug-likeness (QED) is 0.636. The second-order valence-electron chi connectivity index (χ2n) is 4.41. The second kappa shape index (κ2) is 5.08. The number of carbonyl (C=O) groups excluding carboxylic acids is 1. The van der Waals surface area contributed by atoms with Crippen LogP contribution in [-0.2, 0) is 9.22 Å². The number of ketones is 1.